The number of amides is 2. The average Bonchev–Trinajstić information content (AvgIpc) is 2.66. The highest BCUT2D eigenvalue weighted by Gasteiger charge is 2.61. The van der Waals surface area contributed by atoms with Gasteiger partial charge in [0.15, 0.2) is 0 Å². The Morgan fingerprint density at radius 2 is 1.81 bits per heavy atom. The Balaban J connectivity index is 0.00000231. The molecule has 0 radical (unpaired) electrons. The van der Waals surface area contributed by atoms with Gasteiger partial charge in [-0.15, -0.1) is 12.4 Å². The predicted molar refractivity (Wildman–Crippen MR) is 118 cm³/mol. The van der Waals surface area contributed by atoms with Gasteiger partial charge in [0.2, 0.25) is 11.8 Å². The van der Waals surface area contributed by atoms with E-state index in [2.05, 4.69) is 5.32 Å². The number of halogens is 2. The van der Waals surface area contributed by atoms with Crippen LogP contribution in [-0.4, -0.2) is 41.4 Å². The Hall–Kier alpha value is -1.82. The van der Waals surface area contributed by atoms with E-state index in [1.54, 1.807) is 19.1 Å². The highest BCUT2D eigenvalue weighted by Crippen LogP contribution is 2.62. The molecule has 2 unspecified atom stereocenters. The first-order valence-electron chi connectivity index (χ1n) is 11.4. The van der Waals surface area contributed by atoms with E-state index in [-0.39, 0.29) is 47.1 Å². The number of nitrogens with zero attached hydrogens (tertiary/aromatic N) is 1. The summed E-state index contributed by atoms with van der Waals surface area (Å²) >= 11 is 0. The van der Waals surface area contributed by atoms with Crippen molar-refractivity contribution in [2.24, 2.45) is 17.3 Å². The van der Waals surface area contributed by atoms with Crippen LogP contribution in [0.2, 0.25) is 0 Å². The molecule has 4 bridgehead atoms. The van der Waals surface area contributed by atoms with Crippen LogP contribution in [0, 0.1) is 23.1 Å². The Bertz CT molecular complexity index is 841. The van der Waals surface area contributed by atoms with Crippen molar-refractivity contribution in [3.05, 3.63) is 30.1 Å². The molecule has 5 fully saturated rings. The molecular formula is C24H32ClFN2O3. The number of likely N-dealkylation sites (tertiary alicyclic amines) is 1. The fraction of sp³-hybridized carbons (Fsp3) is 0.667. The van der Waals surface area contributed by atoms with E-state index in [9.17, 15) is 14.0 Å². The first-order chi connectivity index (χ1) is 14.3. The Morgan fingerprint density at radius 3 is 2.42 bits per heavy atom. The fourth-order valence-corrected chi connectivity index (χ4v) is 7.28. The molecule has 0 aromatic heterocycles. The summed E-state index contributed by atoms with van der Waals surface area (Å²) in [6.45, 7) is 2.96. The number of piperidine rings is 1. The smallest absolute Gasteiger partial charge is 0.228 e. The lowest BCUT2D eigenvalue weighted by Gasteiger charge is -2.62. The van der Waals surface area contributed by atoms with Crippen LogP contribution in [0.25, 0.3) is 0 Å². The number of hydrogen-bond acceptors (Lipinski definition) is 3. The first kappa shape index (κ1) is 22.4. The molecule has 0 spiro atoms. The number of benzene rings is 1. The third-order valence-electron chi connectivity index (χ3n) is 7.78. The van der Waals surface area contributed by atoms with Crippen LogP contribution in [-0.2, 0) is 9.59 Å². The molecule has 2 atom stereocenters. The van der Waals surface area contributed by atoms with E-state index >= 15 is 0 Å². The van der Waals surface area contributed by atoms with Gasteiger partial charge < -0.3 is 15.0 Å². The summed E-state index contributed by atoms with van der Waals surface area (Å²) in [7, 11) is 0. The van der Waals surface area contributed by atoms with Gasteiger partial charge in [-0.25, -0.2) is 4.39 Å². The van der Waals surface area contributed by atoms with E-state index in [1.165, 1.54) is 18.6 Å². The van der Waals surface area contributed by atoms with Gasteiger partial charge >= 0.3 is 0 Å². The highest BCUT2D eigenvalue weighted by atomic mass is 35.5. The normalized spacial score (nSPS) is 34.2. The van der Waals surface area contributed by atoms with Gasteiger partial charge in [0.05, 0.1) is 5.41 Å². The number of carbonyl (C=O) groups excluding carboxylic acids is 2. The Morgan fingerprint density at radius 1 is 1.13 bits per heavy atom. The van der Waals surface area contributed by atoms with Crippen LogP contribution < -0.4 is 10.1 Å². The van der Waals surface area contributed by atoms with E-state index in [0.717, 1.165) is 44.9 Å². The molecule has 5 nitrogen and oxygen atoms in total. The SMILES string of the molecule is CC(=O)NC12CC3CC(C1)CC(C(=O)N1CCC(Oc4cccc(F)c4)CC1)(C3)C2.Cl. The molecule has 1 aliphatic heterocycles. The van der Waals surface area contributed by atoms with Crippen molar-refractivity contribution in [1.82, 2.24) is 10.2 Å². The maximum Gasteiger partial charge on any atom is 0.228 e. The molecule has 5 aliphatic rings. The van der Waals surface area contributed by atoms with Gasteiger partial charge in [-0.1, -0.05) is 6.07 Å². The Kier molecular flexibility index (Phi) is 5.97. The second-order valence-corrected chi connectivity index (χ2v) is 10.3. The third-order valence-corrected chi connectivity index (χ3v) is 7.78. The summed E-state index contributed by atoms with van der Waals surface area (Å²) in [5, 5.41) is 3.25. The van der Waals surface area contributed by atoms with Crippen LogP contribution in [0.15, 0.2) is 24.3 Å². The van der Waals surface area contributed by atoms with Crippen LogP contribution in [0.4, 0.5) is 4.39 Å². The van der Waals surface area contributed by atoms with Crippen molar-refractivity contribution in [1.29, 1.82) is 0 Å². The molecule has 4 saturated carbocycles. The maximum atomic E-state index is 13.7. The summed E-state index contributed by atoms with van der Waals surface area (Å²) in [6.07, 6.45) is 7.56. The maximum absolute atomic E-state index is 13.7. The summed E-state index contributed by atoms with van der Waals surface area (Å²) in [6, 6.07) is 6.25. The zero-order chi connectivity index (χ0) is 20.9. The van der Waals surface area contributed by atoms with Crippen molar-refractivity contribution < 1.29 is 18.7 Å². The summed E-state index contributed by atoms with van der Waals surface area (Å²) in [5.74, 6) is 1.67. The van der Waals surface area contributed by atoms with E-state index in [4.69, 9.17) is 4.74 Å². The van der Waals surface area contributed by atoms with Crippen molar-refractivity contribution in [3.63, 3.8) is 0 Å². The molecule has 2 amide bonds. The third kappa shape index (κ3) is 4.28. The van der Waals surface area contributed by atoms with E-state index in [1.807, 2.05) is 4.90 Å². The van der Waals surface area contributed by atoms with Crippen molar-refractivity contribution in [3.8, 4) is 5.75 Å². The molecule has 1 saturated heterocycles. The molecular weight excluding hydrogens is 419 g/mol. The lowest BCUT2D eigenvalue weighted by molar-refractivity contribution is -0.164. The lowest BCUT2D eigenvalue weighted by Crippen LogP contribution is -2.66. The monoisotopic (exact) mass is 450 g/mol. The molecule has 7 heteroatoms. The van der Waals surface area contributed by atoms with E-state index < -0.39 is 0 Å². The molecule has 170 valence electrons. The van der Waals surface area contributed by atoms with Gasteiger partial charge in [0.1, 0.15) is 17.7 Å². The van der Waals surface area contributed by atoms with Gasteiger partial charge in [-0.3, -0.25) is 9.59 Å². The zero-order valence-electron chi connectivity index (χ0n) is 18.1. The minimum atomic E-state index is -0.303. The average molecular weight is 451 g/mol. The van der Waals surface area contributed by atoms with Gasteiger partial charge in [-0.05, 0) is 62.5 Å². The number of ether oxygens (including phenoxy) is 1. The number of rotatable bonds is 4. The van der Waals surface area contributed by atoms with Crippen molar-refractivity contribution in [2.45, 2.75) is 69.9 Å². The molecule has 31 heavy (non-hydrogen) atoms. The van der Waals surface area contributed by atoms with Gasteiger partial charge in [-0.2, -0.15) is 0 Å². The Labute approximate surface area is 189 Å². The molecule has 1 N–H and O–H groups in total. The number of hydrogen-bond donors (Lipinski definition) is 1. The topological polar surface area (TPSA) is 58.6 Å². The largest absolute Gasteiger partial charge is 0.490 e. The molecule has 4 aliphatic carbocycles. The van der Waals surface area contributed by atoms with Crippen molar-refractivity contribution >= 4 is 24.2 Å². The predicted octanol–water partition coefficient (Wildman–Crippen LogP) is 4.09. The summed E-state index contributed by atoms with van der Waals surface area (Å²) < 4.78 is 19.3. The molecule has 1 aromatic carbocycles. The standard InChI is InChI=1S/C24H31FN2O3.ClH/c1-16(28)26-24-13-17-9-18(14-24)12-23(11-17,15-24)22(29)27-7-5-20(6-8-27)30-21-4-2-3-19(25)10-21;/h2-4,10,17-18,20H,5-9,11-15H2,1H3,(H,26,28);1H. The van der Waals surface area contributed by atoms with Crippen LogP contribution in [0.1, 0.15) is 58.3 Å². The van der Waals surface area contributed by atoms with Gasteiger partial charge in [0.25, 0.3) is 0 Å². The van der Waals surface area contributed by atoms with Crippen LogP contribution >= 0.6 is 12.4 Å². The highest BCUT2D eigenvalue weighted by molar-refractivity contribution is 5.85. The minimum absolute atomic E-state index is 0. The number of nitrogens with one attached hydrogen (secondary N) is 1. The minimum Gasteiger partial charge on any atom is -0.490 e. The lowest BCUT2D eigenvalue weighted by atomic mass is 9.46. The van der Waals surface area contributed by atoms with Crippen molar-refractivity contribution in [2.75, 3.05) is 13.1 Å². The van der Waals surface area contributed by atoms with Crippen LogP contribution in [0.3, 0.4) is 0 Å². The molecule has 1 aromatic rings. The second-order valence-electron chi connectivity index (χ2n) is 10.3. The summed E-state index contributed by atoms with van der Waals surface area (Å²) in [5.41, 5.74) is -0.479. The molecule has 1 heterocycles. The fourth-order valence-electron chi connectivity index (χ4n) is 7.28. The second kappa shape index (κ2) is 8.27. The molecule has 6 rings (SSSR count). The summed E-state index contributed by atoms with van der Waals surface area (Å²) in [4.78, 5) is 27.6. The van der Waals surface area contributed by atoms with E-state index in [0.29, 0.717) is 30.7 Å². The zero-order valence-corrected chi connectivity index (χ0v) is 18.9. The first-order valence-corrected chi connectivity index (χ1v) is 11.4. The van der Waals surface area contributed by atoms with Gasteiger partial charge in [0, 0.05) is 44.5 Å². The number of carbonyl (C=O) groups is 2. The quantitative estimate of drug-likeness (QED) is 0.751. The van der Waals surface area contributed by atoms with Crippen LogP contribution in [0.5, 0.6) is 5.75 Å².